The number of carbonyl (C=O) groups is 1. The van der Waals surface area contributed by atoms with Crippen LogP contribution in [0.1, 0.15) is 53.4 Å². The van der Waals surface area contributed by atoms with Crippen molar-refractivity contribution < 1.29 is 22.1 Å². The van der Waals surface area contributed by atoms with Gasteiger partial charge in [0, 0.05) is 5.54 Å². The van der Waals surface area contributed by atoms with Gasteiger partial charge in [0.25, 0.3) is 10.1 Å². The highest BCUT2D eigenvalue weighted by Crippen LogP contribution is 2.50. The fourth-order valence-corrected chi connectivity index (χ4v) is 3.30. The molecule has 22 heavy (non-hydrogen) atoms. The fraction of sp³-hybridized carbons (Fsp3) is 0.933. The van der Waals surface area contributed by atoms with Gasteiger partial charge in [0.05, 0.1) is 19.5 Å². The van der Waals surface area contributed by atoms with Crippen LogP contribution < -0.4 is 5.32 Å². The number of ether oxygens (including phenoxy) is 1. The molecule has 0 unspecified atom stereocenters. The molecule has 0 aromatic rings. The monoisotopic (exact) mass is 335 g/mol. The highest BCUT2D eigenvalue weighted by molar-refractivity contribution is 7.85. The van der Waals surface area contributed by atoms with E-state index in [1.807, 2.05) is 27.7 Å². The Kier molecular flexibility index (Phi) is 6.27. The molecule has 6 nitrogen and oxygen atoms in total. The zero-order chi connectivity index (χ0) is 17.0. The minimum atomic E-state index is -3.45. The van der Waals surface area contributed by atoms with Gasteiger partial charge >= 0.3 is 6.09 Å². The summed E-state index contributed by atoms with van der Waals surface area (Å²) in [5, 5.41) is 2.97. The lowest BCUT2D eigenvalue weighted by Crippen LogP contribution is -2.54. The van der Waals surface area contributed by atoms with Gasteiger partial charge in [0.1, 0.15) is 0 Å². The standard InChI is InChI=1S/C15H29NO5S/c1-6-7-10-20-13(17)16-15(4)9-8-12(14(15,2)3)11-21-22(5,18)19/h12H,6-11H2,1-5H3,(H,16,17)/t12-,15-/m0/s1. The van der Waals surface area contributed by atoms with Crippen molar-refractivity contribution in [3.63, 3.8) is 0 Å². The lowest BCUT2D eigenvalue weighted by Gasteiger charge is -2.41. The maximum Gasteiger partial charge on any atom is 0.407 e. The summed E-state index contributed by atoms with van der Waals surface area (Å²) in [5.41, 5.74) is -0.733. The van der Waals surface area contributed by atoms with Gasteiger partial charge in [0.2, 0.25) is 0 Å². The van der Waals surface area contributed by atoms with E-state index >= 15 is 0 Å². The van der Waals surface area contributed by atoms with Gasteiger partial charge in [-0.15, -0.1) is 0 Å². The average molecular weight is 335 g/mol. The first kappa shape index (κ1) is 19.2. The largest absolute Gasteiger partial charge is 0.450 e. The molecule has 1 N–H and O–H groups in total. The van der Waals surface area contributed by atoms with Crippen LogP contribution in [-0.4, -0.2) is 39.5 Å². The van der Waals surface area contributed by atoms with Crippen molar-refractivity contribution in [3.8, 4) is 0 Å². The minimum absolute atomic E-state index is 0.0585. The van der Waals surface area contributed by atoms with E-state index in [-0.39, 0.29) is 17.9 Å². The van der Waals surface area contributed by atoms with Crippen molar-refractivity contribution in [2.24, 2.45) is 11.3 Å². The smallest absolute Gasteiger partial charge is 0.407 e. The summed E-state index contributed by atoms with van der Waals surface area (Å²) in [5.74, 6) is 0.0585. The quantitative estimate of drug-likeness (QED) is 0.571. The molecule has 0 aliphatic heterocycles. The number of unbranched alkanes of at least 4 members (excludes halogenated alkanes) is 1. The van der Waals surface area contributed by atoms with Gasteiger partial charge in [0.15, 0.2) is 0 Å². The lowest BCUT2D eigenvalue weighted by atomic mass is 9.71. The Labute approximate surface area is 134 Å². The van der Waals surface area contributed by atoms with E-state index in [4.69, 9.17) is 8.92 Å². The average Bonchev–Trinajstić information content (AvgIpc) is 2.57. The Morgan fingerprint density at radius 2 is 1.95 bits per heavy atom. The molecular formula is C15H29NO5S. The third-order valence-corrected chi connectivity index (χ3v) is 5.59. The second kappa shape index (κ2) is 7.17. The maximum atomic E-state index is 11.9. The summed E-state index contributed by atoms with van der Waals surface area (Å²) >= 11 is 0. The molecule has 0 saturated heterocycles. The molecule has 1 fully saturated rings. The van der Waals surface area contributed by atoms with Gasteiger partial charge in [-0.05, 0) is 37.5 Å². The van der Waals surface area contributed by atoms with Crippen molar-refractivity contribution in [3.05, 3.63) is 0 Å². The molecule has 0 spiro atoms. The molecule has 0 aromatic carbocycles. The van der Waals surface area contributed by atoms with Crippen molar-refractivity contribution in [1.82, 2.24) is 5.32 Å². The molecule has 7 heteroatoms. The Balaban J connectivity index is 2.65. The van der Waals surface area contributed by atoms with Crippen LogP contribution in [0.4, 0.5) is 4.79 Å². The summed E-state index contributed by atoms with van der Waals surface area (Å²) in [7, 11) is -3.45. The first-order chi connectivity index (χ1) is 10.0. The van der Waals surface area contributed by atoms with E-state index in [2.05, 4.69) is 5.32 Å². The van der Waals surface area contributed by atoms with Crippen LogP contribution in [0.25, 0.3) is 0 Å². The van der Waals surface area contributed by atoms with Crippen molar-refractivity contribution >= 4 is 16.2 Å². The number of rotatable bonds is 7. The molecule has 1 rings (SSSR count). The normalized spacial score (nSPS) is 27.6. The maximum absolute atomic E-state index is 11.9. The second-order valence-electron chi connectivity index (χ2n) is 6.89. The van der Waals surface area contributed by atoms with Gasteiger partial charge < -0.3 is 10.1 Å². The lowest BCUT2D eigenvalue weighted by molar-refractivity contribution is 0.0790. The molecule has 0 aromatic heterocycles. The predicted octanol–water partition coefficient (Wildman–Crippen LogP) is 2.68. The van der Waals surface area contributed by atoms with E-state index in [0.29, 0.717) is 6.61 Å². The summed E-state index contributed by atoms with van der Waals surface area (Å²) < 4.78 is 32.5. The number of alkyl carbamates (subject to hydrolysis) is 1. The van der Waals surface area contributed by atoms with Crippen LogP contribution in [0.2, 0.25) is 0 Å². The van der Waals surface area contributed by atoms with Gasteiger partial charge in [-0.25, -0.2) is 4.79 Å². The summed E-state index contributed by atoms with van der Waals surface area (Å²) in [6.07, 6.45) is 4.03. The van der Waals surface area contributed by atoms with E-state index in [1.165, 1.54) is 0 Å². The molecule has 0 heterocycles. The minimum Gasteiger partial charge on any atom is -0.450 e. The van der Waals surface area contributed by atoms with Crippen LogP contribution >= 0.6 is 0 Å². The van der Waals surface area contributed by atoms with Crippen molar-refractivity contribution in [1.29, 1.82) is 0 Å². The topological polar surface area (TPSA) is 81.7 Å². The van der Waals surface area contributed by atoms with E-state index < -0.39 is 21.8 Å². The Morgan fingerprint density at radius 1 is 1.32 bits per heavy atom. The third-order valence-electron chi connectivity index (χ3n) is 5.03. The Hall–Kier alpha value is -0.820. The Bertz CT molecular complexity index is 488. The molecule has 1 saturated carbocycles. The number of hydrogen-bond acceptors (Lipinski definition) is 5. The van der Waals surface area contributed by atoms with Crippen molar-refractivity contribution in [2.75, 3.05) is 19.5 Å². The fourth-order valence-electron chi connectivity index (χ4n) is 2.89. The van der Waals surface area contributed by atoms with E-state index in [9.17, 15) is 13.2 Å². The molecule has 0 bridgehead atoms. The highest BCUT2D eigenvalue weighted by atomic mass is 32.2. The molecule has 1 aliphatic carbocycles. The number of hydrogen-bond donors (Lipinski definition) is 1. The molecule has 1 amide bonds. The van der Waals surface area contributed by atoms with E-state index in [1.54, 1.807) is 0 Å². The molecular weight excluding hydrogens is 306 g/mol. The molecule has 130 valence electrons. The van der Waals surface area contributed by atoms with Crippen LogP contribution in [0.3, 0.4) is 0 Å². The zero-order valence-electron chi connectivity index (χ0n) is 14.3. The Morgan fingerprint density at radius 3 is 2.50 bits per heavy atom. The van der Waals surface area contributed by atoms with Crippen LogP contribution in [0, 0.1) is 11.3 Å². The summed E-state index contributed by atoms with van der Waals surface area (Å²) in [6, 6.07) is 0. The zero-order valence-corrected chi connectivity index (χ0v) is 15.1. The first-order valence-electron chi connectivity index (χ1n) is 7.81. The molecule has 2 atom stereocenters. The number of amides is 1. The third kappa shape index (κ3) is 4.84. The molecule has 1 aliphatic rings. The summed E-state index contributed by atoms with van der Waals surface area (Å²) in [6.45, 7) is 8.64. The van der Waals surface area contributed by atoms with Crippen LogP contribution in [-0.2, 0) is 19.0 Å². The van der Waals surface area contributed by atoms with Gasteiger partial charge in [-0.3, -0.25) is 4.18 Å². The number of carbonyl (C=O) groups excluding carboxylic acids is 1. The van der Waals surface area contributed by atoms with Crippen LogP contribution in [0.15, 0.2) is 0 Å². The predicted molar refractivity (Wildman–Crippen MR) is 85.1 cm³/mol. The molecule has 0 radical (unpaired) electrons. The highest BCUT2D eigenvalue weighted by Gasteiger charge is 2.52. The SMILES string of the molecule is CCCCOC(=O)N[C@@]1(C)CC[C@@H](COS(C)(=O)=O)C1(C)C. The first-order valence-corrected chi connectivity index (χ1v) is 9.63. The summed E-state index contributed by atoms with van der Waals surface area (Å²) in [4.78, 5) is 11.9. The van der Waals surface area contributed by atoms with Gasteiger partial charge in [-0.1, -0.05) is 27.2 Å². The van der Waals surface area contributed by atoms with Crippen LogP contribution in [0.5, 0.6) is 0 Å². The van der Waals surface area contributed by atoms with E-state index in [0.717, 1.165) is 31.9 Å². The number of nitrogens with one attached hydrogen (secondary N) is 1. The van der Waals surface area contributed by atoms with Crippen molar-refractivity contribution in [2.45, 2.75) is 58.9 Å². The van der Waals surface area contributed by atoms with Gasteiger partial charge in [-0.2, -0.15) is 8.42 Å². The second-order valence-corrected chi connectivity index (χ2v) is 8.54.